The summed E-state index contributed by atoms with van der Waals surface area (Å²) in [5.74, 6) is 0. The molecule has 0 unspecified atom stereocenters. The fourth-order valence-electron chi connectivity index (χ4n) is 2.12. The van der Waals surface area contributed by atoms with E-state index in [1.165, 1.54) is 0 Å². The number of alkyl carbamates (subject to hydrolysis) is 1. The Morgan fingerprint density at radius 3 is 2.68 bits per heavy atom. The van der Waals surface area contributed by atoms with Crippen molar-refractivity contribution in [3.05, 3.63) is 58.9 Å². The smallest absolute Gasteiger partial charge is 0.407 e. The normalized spacial score (nSPS) is 10.9. The molecule has 0 aliphatic rings. The van der Waals surface area contributed by atoms with Crippen LogP contribution in [-0.4, -0.2) is 22.4 Å². The Labute approximate surface area is 130 Å². The van der Waals surface area contributed by atoms with Crippen LogP contribution in [0.3, 0.4) is 0 Å². The lowest BCUT2D eigenvalue weighted by molar-refractivity contribution is 0.141. The molecule has 5 heteroatoms. The second-order valence-electron chi connectivity index (χ2n) is 5.05. The van der Waals surface area contributed by atoms with Crippen LogP contribution in [0.15, 0.2) is 36.4 Å². The molecule has 1 N–H and O–H groups in total. The average Bonchev–Trinajstić information content (AvgIpc) is 2.76. The average molecular weight is 299 g/mol. The summed E-state index contributed by atoms with van der Waals surface area (Å²) in [4.78, 5) is 11.6. The summed E-state index contributed by atoms with van der Waals surface area (Å²) >= 11 is 0. The van der Waals surface area contributed by atoms with Gasteiger partial charge in [0.15, 0.2) is 0 Å². The molecule has 2 rings (SSSR count). The van der Waals surface area contributed by atoms with E-state index in [1.54, 1.807) is 0 Å². The third-order valence-corrected chi connectivity index (χ3v) is 3.43. The van der Waals surface area contributed by atoms with Gasteiger partial charge in [0.2, 0.25) is 0 Å². The van der Waals surface area contributed by atoms with Crippen molar-refractivity contribution >= 4 is 12.2 Å². The van der Waals surface area contributed by atoms with Gasteiger partial charge in [0.25, 0.3) is 0 Å². The summed E-state index contributed by atoms with van der Waals surface area (Å²) in [6.07, 6.45) is 3.43. The quantitative estimate of drug-likeness (QED) is 0.923. The van der Waals surface area contributed by atoms with Gasteiger partial charge in [-0.3, -0.25) is 4.68 Å². The number of carbonyl (C=O) groups is 1. The predicted molar refractivity (Wildman–Crippen MR) is 86.3 cm³/mol. The van der Waals surface area contributed by atoms with Gasteiger partial charge in [-0.15, -0.1) is 0 Å². The van der Waals surface area contributed by atoms with E-state index in [0.717, 1.165) is 22.5 Å². The van der Waals surface area contributed by atoms with E-state index < -0.39 is 6.09 Å². The number of nitrogens with zero attached hydrogens (tertiary/aromatic N) is 2. The fraction of sp³-hybridized carbons (Fsp3) is 0.294. The van der Waals surface area contributed by atoms with Crippen LogP contribution in [0.5, 0.6) is 0 Å². The van der Waals surface area contributed by atoms with E-state index in [2.05, 4.69) is 10.4 Å². The SMILES string of the molecule is Cc1nn(C)c(C)c1C=CCNC(=O)OCc1ccccc1. The Bertz CT molecular complexity index is 660. The third-order valence-electron chi connectivity index (χ3n) is 3.43. The van der Waals surface area contributed by atoms with Gasteiger partial charge in [0.05, 0.1) is 5.69 Å². The van der Waals surface area contributed by atoms with Gasteiger partial charge in [0, 0.05) is 24.8 Å². The van der Waals surface area contributed by atoms with Crippen molar-refractivity contribution in [3.63, 3.8) is 0 Å². The molecule has 1 amide bonds. The summed E-state index contributed by atoms with van der Waals surface area (Å²) in [6.45, 7) is 4.67. The molecule has 2 aromatic rings. The monoisotopic (exact) mass is 299 g/mol. The number of carbonyl (C=O) groups excluding carboxylic acids is 1. The highest BCUT2D eigenvalue weighted by atomic mass is 16.5. The lowest BCUT2D eigenvalue weighted by atomic mass is 10.2. The van der Waals surface area contributed by atoms with E-state index in [4.69, 9.17) is 4.74 Å². The highest BCUT2D eigenvalue weighted by Crippen LogP contribution is 2.13. The number of hydrogen-bond donors (Lipinski definition) is 1. The summed E-state index contributed by atoms with van der Waals surface area (Å²) in [5, 5.41) is 7.03. The summed E-state index contributed by atoms with van der Waals surface area (Å²) in [6, 6.07) is 9.59. The van der Waals surface area contributed by atoms with Gasteiger partial charge >= 0.3 is 6.09 Å². The highest BCUT2D eigenvalue weighted by Gasteiger charge is 2.05. The number of nitrogens with one attached hydrogen (secondary N) is 1. The molecule has 0 atom stereocenters. The molecule has 5 nitrogen and oxygen atoms in total. The van der Waals surface area contributed by atoms with Crippen LogP contribution in [0, 0.1) is 13.8 Å². The maximum atomic E-state index is 11.6. The maximum absolute atomic E-state index is 11.6. The van der Waals surface area contributed by atoms with Crippen molar-refractivity contribution in [1.29, 1.82) is 0 Å². The maximum Gasteiger partial charge on any atom is 0.407 e. The Kier molecular flexibility index (Phi) is 5.36. The van der Waals surface area contributed by atoms with Gasteiger partial charge in [0.1, 0.15) is 6.61 Å². The van der Waals surface area contributed by atoms with Crippen LogP contribution in [0.2, 0.25) is 0 Å². The van der Waals surface area contributed by atoms with Crippen LogP contribution < -0.4 is 5.32 Å². The van der Waals surface area contributed by atoms with Gasteiger partial charge in [-0.1, -0.05) is 42.5 Å². The standard InChI is InChI=1S/C17H21N3O2/c1-13-16(14(2)20(3)19-13)10-7-11-18-17(21)22-12-15-8-5-4-6-9-15/h4-10H,11-12H2,1-3H3,(H,18,21). The van der Waals surface area contributed by atoms with Gasteiger partial charge in [-0.2, -0.15) is 5.10 Å². The second kappa shape index (κ2) is 7.45. The fourth-order valence-corrected chi connectivity index (χ4v) is 2.12. The number of ether oxygens (including phenoxy) is 1. The Balaban J connectivity index is 1.76. The Morgan fingerprint density at radius 2 is 2.05 bits per heavy atom. The number of amides is 1. The molecule has 1 aromatic carbocycles. The largest absolute Gasteiger partial charge is 0.445 e. The first-order valence-corrected chi connectivity index (χ1v) is 7.19. The first kappa shape index (κ1) is 15.8. The second-order valence-corrected chi connectivity index (χ2v) is 5.05. The number of aromatic nitrogens is 2. The molecule has 0 bridgehead atoms. The van der Waals surface area contributed by atoms with Crippen molar-refractivity contribution in [2.45, 2.75) is 20.5 Å². The first-order chi connectivity index (χ1) is 10.6. The molecule has 0 radical (unpaired) electrons. The molecule has 0 saturated heterocycles. The van der Waals surface area contributed by atoms with E-state index in [0.29, 0.717) is 6.54 Å². The van der Waals surface area contributed by atoms with Crippen molar-refractivity contribution in [1.82, 2.24) is 15.1 Å². The highest BCUT2D eigenvalue weighted by molar-refractivity contribution is 5.67. The van der Waals surface area contributed by atoms with Crippen LogP contribution in [0.4, 0.5) is 4.79 Å². The number of rotatable bonds is 5. The van der Waals surface area contributed by atoms with Crippen LogP contribution >= 0.6 is 0 Å². The summed E-state index contributed by atoms with van der Waals surface area (Å²) in [5.41, 5.74) is 4.13. The van der Waals surface area contributed by atoms with E-state index >= 15 is 0 Å². The van der Waals surface area contributed by atoms with Crippen molar-refractivity contribution in [2.75, 3.05) is 6.54 Å². The molecule has 0 aliphatic heterocycles. The molecular weight excluding hydrogens is 278 g/mol. The molecular formula is C17H21N3O2. The molecule has 22 heavy (non-hydrogen) atoms. The zero-order valence-electron chi connectivity index (χ0n) is 13.2. The van der Waals surface area contributed by atoms with Crippen LogP contribution in [-0.2, 0) is 18.4 Å². The number of hydrogen-bond acceptors (Lipinski definition) is 3. The van der Waals surface area contributed by atoms with Gasteiger partial charge in [-0.05, 0) is 19.4 Å². The van der Waals surface area contributed by atoms with E-state index in [1.807, 2.05) is 68.1 Å². The van der Waals surface area contributed by atoms with Gasteiger partial charge in [-0.25, -0.2) is 4.79 Å². The lowest BCUT2D eigenvalue weighted by Gasteiger charge is -2.05. The molecule has 116 valence electrons. The molecule has 0 fully saturated rings. The molecule has 1 heterocycles. The van der Waals surface area contributed by atoms with Crippen molar-refractivity contribution in [2.24, 2.45) is 7.05 Å². The minimum Gasteiger partial charge on any atom is -0.445 e. The topological polar surface area (TPSA) is 56.2 Å². The molecule has 0 aliphatic carbocycles. The number of aryl methyl sites for hydroxylation is 2. The zero-order chi connectivity index (χ0) is 15.9. The molecule has 0 saturated carbocycles. The Morgan fingerprint density at radius 1 is 1.32 bits per heavy atom. The molecule has 0 spiro atoms. The van der Waals surface area contributed by atoms with E-state index in [-0.39, 0.29) is 6.61 Å². The minimum absolute atomic E-state index is 0.275. The van der Waals surface area contributed by atoms with Crippen LogP contribution in [0.1, 0.15) is 22.5 Å². The Hall–Kier alpha value is -2.56. The minimum atomic E-state index is -0.423. The number of benzene rings is 1. The summed E-state index contributed by atoms with van der Waals surface area (Å²) < 4.78 is 6.98. The van der Waals surface area contributed by atoms with Gasteiger partial charge < -0.3 is 10.1 Å². The van der Waals surface area contributed by atoms with E-state index in [9.17, 15) is 4.79 Å². The zero-order valence-corrected chi connectivity index (χ0v) is 13.2. The van der Waals surface area contributed by atoms with Crippen molar-refractivity contribution in [3.8, 4) is 0 Å². The predicted octanol–water partition coefficient (Wildman–Crippen LogP) is 2.98. The molecule has 1 aromatic heterocycles. The van der Waals surface area contributed by atoms with Crippen molar-refractivity contribution < 1.29 is 9.53 Å². The lowest BCUT2D eigenvalue weighted by Crippen LogP contribution is -2.24. The van der Waals surface area contributed by atoms with Crippen LogP contribution in [0.25, 0.3) is 6.08 Å². The summed E-state index contributed by atoms with van der Waals surface area (Å²) in [7, 11) is 1.92. The third kappa shape index (κ3) is 4.22. The first-order valence-electron chi connectivity index (χ1n) is 7.19.